The fraction of sp³-hybridized carbons (Fsp3) is 0.111. The first-order valence-corrected chi connectivity index (χ1v) is 7.98. The first kappa shape index (κ1) is 15.5. The van der Waals surface area contributed by atoms with E-state index in [-0.39, 0.29) is 12.3 Å². The molecule has 0 aliphatic carbocycles. The van der Waals surface area contributed by atoms with E-state index in [0.717, 1.165) is 15.7 Å². The Morgan fingerprint density at radius 3 is 2.70 bits per heavy atom. The van der Waals surface area contributed by atoms with Crippen molar-refractivity contribution >= 4 is 27.5 Å². The minimum atomic E-state index is -0.126. The Hall–Kier alpha value is -2.40. The minimum Gasteiger partial charge on any atom is -0.441 e. The van der Waals surface area contributed by atoms with Gasteiger partial charge >= 0.3 is 0 Å². The van der Waals surface area contributed by atoms with Gasteiger partial charge in [-0.2, -0.15) is 0 Å². The van der Waals surface area contributed by atoms with E-state index in [1.807, 2.05) is 61.5 Å². The maximum absolute atomic E-state index is 12.2. The number of carbonyl (C=O) groups excluding carboxylic acids is 1. The van der Waals surface area contributed by atoms with Crippen LogP contribution in [0, 0.1) is 6.92 Å². The van der Waals surface area contributed by atoms with Crippen LogP contribution in [0.2, 0.25) is 0 Å². The Kier molecular flexibility index (Phi) is 4.57. The molecule has 1 N–H and O–H groups in total. The van der Waals surface area contributed by atoms with Crippen molar-refractivity contribution < 1.29 is 9.21 Å². The summed E-state index contributed by atoms with van der Waals surface area (Å²) in [6.07, 6.45) is 0.175. The van der Waals surface area contributed by atoms with Crippen LogP contribution in [0.15, 0.2) is 63.5 Å². The van der Waals surface area contributed by atoms with Gasteiger partial charge in [0, 0.05) is 15.7 Å². The maximum Gasteiger partial charge on any atom is 0.230 e. The van der Waals surface area contributed by atoms with Gasteiger partial charge in [0.1, 0.15) is 5.76 Å². The van der Waals surface area contributed by atoms with Gasteiger partial charge in [-0.25, -0.2) is 4.98 Å². The van der Waals surface area contributed by atoms with Crippen molar-refractivity contribution in [3.8, 4) is 11.5 Å². The number of carbonyl (C=O) groups is 1. The highest BCUT2D eigenvalue weighted by molar-refractivity contribution is 9.10. The summed E-state index contributed by atoms with van der Waals surface area (Å²) in [5.74, 6) is 1.07. The summed E-state index contributed by atoms with van der Waals surface area (Å²) in [5.41, 5.74) is 2.29. The van der Waals surface area contributed by atoms with Gasteiger partial charge < -0.3 is 9.73 Å². The van der Waals surface area contributed by atoms with Crippen molar-refractivity contribution in [1.29, 1.82) is 0 Å². The van der Waals surface area contributed by atoms with Crippen molar-refractivity contribution in [2.75, 3.05) is 5.32 Å². The van der Waals surface area contributed by atoms with E-state index < -0.39 is 0 Å². The number of hydrogen-bond donors (Lipinski definition) is 1. The number of rotatable bonds is 4. The van der Waals surface area contributed by atoms with Gasteiger partial charge in [0.15, 0.2) is 0 Å². The Morgan fingerprint density at radius 1 is 1.17 bits per heavy atom. The summed E-state index contributed by atoms with van der Waals surface area (Å²) in [6.45, 7) is 1.82. The molecule has 3 aromatic rings. The average Bonchev–Trinajstić information content (AvgIpc) is 2.89. The molecule has 0 saturated heterocycles. The number of hydrogen-bond acceptors (Lipinski definition) is 3. The predicted molar refractivity (Wildman–Crippen MR) is 93.2 cm³/mol. The Labute approximate surface area is 142 Å². The minimum absolute atomic E-state index is 0.126. The molecule has 23 heavy (non-hydrogen) atoms. The van der Waals surface area contributed by atoms with E-state index in [1.54, 1.807) is 0 Å². The Morgan fingerprint density at radius 2 is 1.96 bits per heavy atom. The van der Waals surface area contributed by atoms with E-state index in [0.29, 0.717) is 17.3 Å². The molecular weight excluding hydrogens is 356 g/mol. The SMILES string of the molecule is Cc1oc(-c2ccccc2)nc1CC(=O)Nc1cccc(Br)c1. The summed E-state index contributed by atoms with van der Waals surface area (Å²) < 4.78 is 6.59. The van der Waals surface area contributed by atoms with Crippen molar-refractivity contribution in [3.63, 3.8) is 0 Å². The van der Waals surface area contributed by atoms with Crippen molar-refractivity contribution in [2.45, 2.75) is 13.3 Å². The topological polar surface area (TPSA) is 55.1 Å². The van der Waals surface area contributed by atoms with Gasteiger partial charge in [-0.1, -0.05) is 40.2 Å². The molecule has 0 bridgehead atoms. The van der Waals surface area contributed by atoms with Crippen LogP contribution in [0.1, 0.15) is 11.5 Å². The number of nitrogens with one attached hydrogen (secondary N) is 1. The molecule has 1 aromatic heterocycles. The number of aryl methyl sites for hydroxylation is 1. The largest absolute Gasteiger partial charge is 0.441 e. The first-order valence-electron chi connectivity index (χ1n) is 7.19. The van der Waals surface area contributed by atoms with Crippen LogP contribution in [0.25, 0.3) is 11.5 Å². The van der Waals surface area contributed by atoms with Crippen molar-refractivity contribution in [3.05, 3.63) is 70.5 Å². The molecule has 5 heteroatoms. The number of oxazole rings is 1. The van der Waals surface area contributed by atoms with E-state index in [4.69, 9.17) is 4.42 Å². The summed E-state index contributed by atoms with van der Waals surface area (Å²) >= 11 is 3.38. The van der Waals surface area contributed by atoms with Crippen molar-refractivity contribution in [1.82, 2.24) is 4.98 Å². The van der Waals surface area contributed by atoms with Crippen LogP contribution < -0.4 is 5.32 Å². The molecule has 0 aliphatic heterocycles. The van der Waals surface area contributed by atoms with Crippen LogP contribution in [-0.4, -0.2) is 10.9 Å². The molecule has 0 atom stereocenters. The summed E-state index contributed by atoms with van der Waals surface area (Å²) in [6, 6.07) is 17.1. The van der Waals surface area contributed by atoms with Gasteiger partial charge in [0.2, 0.25) is 11.8 Å². The highest BCUT2D eigenvalue weighted by atomic mass is 79.9. The van der Waals surface area contributed by atoms with Crippen LogP contribution in [0.3, 0.4) is 0 Å². The van der Waals surface area contributed by atoms with Crippen molar-refractivity contribution in [2.24, 2.45) is 0 Å². The van der Waals surface area contributed by atoms with E-state index in [9.17, 15) is 4.79 Å². The number of benzene rings is 2. The van der Waals surface area contributed by atoms with E-state index >= 15 is 0 Å². The first-order chi connectivity index (χ1) is 11.1. The Bertz CT molecular complexity index is 828. The third-order valence-corrected chi connectivity index (χ3v) is 3.84. The lowest BCUT2D eigenvalue weighted by atomic mass is 10.2. The fourth-order valence-electron chi connectivity index (χ4n) is 2.22. The van der Waals surface area contributed by atoms with Crippen LogP contribution in [-0.2, 0) is 11.2 Å². The molecule has 0 unspecified atom stereocenters. The number of halogens is 1. The van der Waals surface area contributed by atoms with Gasteiger partial charge in [0.05, 0.1) is 12.1 Å². The molecule has 0 radical (unpaired) electrons. The lowest BCUT2D eigenvalue weighted by Gasteiger charge is -2.04. The average molecular weight is 371 g/mol. The van der Waals surface area contributed by atoms with Gasteiger partial charge in [0.25, 0.3) is 0 Å². The molecule has 0 spiro atoms. The summed E-state index contributed by atoms with van der Waals surface area (Å²) in [4.78, 5) is 16.6. The second kappa shape index (κ2) is 6.79. The Balaban J connectivity index is 1.73. The lowest BCUT2D eigenvalue weighted by Crippen LogP contribution is -2.15. The number of aromatic nitrogens is 1. The number of nitrogens with zero attached hydrogens (tertiary/aromatic N) is 1. The number of amides is 1. The summed E-state index contributed by atoms with van der Waals surface area (Å²) in [5, 5.41) is 2.86. The normalized spacial score (nSPS) is 10.5. The zero-order valence-corrected chi connectivity index (χ0v) is 14.1. The zero-order valence-electron chi connectivity index (χ0n) is 12.5. The van der Waals surface area contributed by atoms with Gasteiger partial charge in [-0.05, 0) is 37.3 Å². The van der Waals surface area contributed by atoms with Crippen LogP contribution in [0.5, 0.6) is 0 Å². The molecule has 1 heterocycles. The van der Waals surface area contributed by atoms with Crippen LogP contribution in [0.4, 0.5) is 5.69 Å². The molecule has 2 aromatic carbocycles. The van der Waals surface area contributed by atoms with E-state index in [1.165, 1.54) is 0 Å². The maximum atomic E-state index is 12.2. The molecule has 0 saturated carbocycles. The predicted octanol–water partition coefficient (Wildman–Crippen LogP) is 4.59. The molecule has 116 valence electrons. The quantitative estimate of drug-likeness (QED) is 0.730. The van der Waals surface area contributed by atoms with Gasteiger partial charge in [-0.3, -0.25) is 4.79 Å². The molecule has 1 amide bonds. The highest BCUT2D eigenvalue weighted by Crippen LogP contribution is 2.22. The van der Waals surface area contributed by atoms with Crippen LogP contribution >= 0.6 is 15.9 Å². The summed E-state index contributed by atoms with van der Waals surface area (Å²) in [7, 11) is 0. The molecular formula is C18H15BrN2O2. The van der Waals surface area contributed by atoms with Gasteiger partial charge in [-0.15, -0.1) is 0 Å². The van der Waals surface area contributed by atoms with E-state index in [2.05, 4.69) is 26.2 Å². The zero-order chi connectivity index (χ0) is 16.2. The highest BCUT2D eigenvalue weighted by Gasteiger charge is 2.14. The molecule has 0 fully saturated rings. The fourth-order valence-corrected chi connectivity index (χ4v) is 2.62. The molecule has 3 rings (SSSR count). The number of anilines is 1. The standard InChI is InChI=1S/C18H15BrN2O2/c1-12-16(21-18(23-12)13-6-3-2-4-7-13)11-17(22)20-15-9-5-8-14(19)10-15/h2-10H,11H2,1H3,(H,20,22). The smallest absolute Gasteiger partial charge is 0.230 e. The third-order valence-electron chi connectivity index (χ3n) is 3.35. The molecule has 0 aliphatic rings. The second-order valence-electron chi connectivity index (χ2n) is 5.12. The second-order valence-corrected chi connectivity index (χ2v) is 6.04. The monoisotopic (exact) mass is 370 g/mol. The third kappa shape index (κ3) is 3.87. The molecule has 4 nitrogen and oxygen atoms in total. The lowest BCUT2D eigenvalue weighted by molar-refractivity contribution is -0.115.